The molecule has 0 aliphatic heterocycles. The number of nitrogens with one attached hydrogen (secondary N) is 1. The van der Waals surface area contributed by atoms with Crippen molar-refractivity contribution in [3.05, 3.63) is 41.1 Å². The SMILES string of the molecule is CCNC(=O)c1ccc(Cn2nc(C)cc2C)o1. The average molecular weight is 247 g/mol. The summed E-state index contributed by atoms with van der Waals surface area (Å²) in [5.74, 6) is 0.882. The number of hydrogen-bond donors (Lipinski definition) is 1. The topological polar surface area (TPSA) is 60.1 Å². The lowest BCUT2D eigenvalue weighted by Gasteiger charge is -2.01. The van der Waals surface area contributed by atoms with Gasteiger partial charge in [-0.05, 0) is 39.0 Å². The predicted molar refractivity (Wildman–Crippen MR) is 67.5 cm³/mol. The first-order chi connectivity index (χ1) is 8.60. The number of rotatable bonds is 4. The van der Waals surface area contributed by atoms with Crippen LogP contribution in [0.3, 0.4) is 0 Å². The van der Waals surface area contributed by atoms with Crippen molar-refractivity contribution in [2.45, 2.75) is 27.3 Å². The molecule has 2 rings (SSSR count). The molecule has 0 saturated heterocycles. The van der Waals surface area contributed by atoms with E-state index in [-0.39, 0.29) is 5.91 Å². The highest BCUT2D eigenvalue weighted by Crippen LogP contribution is 2.11. The summed E-state index contributed by atoms with van der Waals surface area (Å²) in [4.78, 5) is 11.6. The van der Waals surface area contributed by atoms with Gasteiger partial charge in [0.25, 0.3) is 5.91 Å². The molecule has 2 heterocycles. The maximum Gasteiger partial charge on any atom is 0.286 e. The molecule has 18 heavy (non-hydrogen) atoms. The fourth-order valence-electron chi connectivity index (χ4n) is 1.82. The molecule has 0 unspecified atom stereocenters. The fraction of sp³-hybridized carbons (Fsp3) is 0.385. The third-order valence-corrected chi connectivity index (χ3v) is 2.63. The van der Waals surface area contributed by atoms with Gasteiger partial charge in [0.2, 0.25) is 0 Å². The second-order valence-electron chi connectivity index (χ2n) is 4.21. The molecule has 2 aromatic rings. The molecule has 1 amide bonds. The Morgan fingerprint density at radius 2 is 2.22 bits per heavy atom. The van der Waals surface area contributed by atoms with E-state index in [4.69, 9.17) is 4.42 Å². The minimum atomic E-state index is -0.183. The molecule has 5 heteroatoms. The zero-order chi connectivity index (χ0) is 13.1. The molecular formula is C13H17N3O2. The number of hydrogen-bond acceptors (Lipinski definition) is 3. The van der Waals surface area contributed by atoms with Crippen molar-refractivity contribution in [1.82, 2.24) is 15.1 Å². The minimum Gasteiger partial charge on any atom is -0.454 e. The van der Waals surface area contributed by atoms with E-state index in [1.807, 2.05) is 31.5 Å². The van der Waals surface area contributed by atoms with Crippen LogP contribution in [0.2, 0.25) is 0 Å². The van der Waals surface area contributed by atoms with Crippen molar-refractivity contribution in [1.29, 1.82) is 0 Å². The van der Waals surface area contributed by atoms with Gasteiger partial charge in [-0.25, -0.2) is 0 Å². The van der Waals surface area contributed by atoms with E-state index in [9.17, 15) is 4.79 Å². The quantitative estimate of drug-likeness (QED) is 0.897. The summed E-state index contributed by atoms with van der Waals surface area (Å²) >= 11 is 0. The number of nitrogens with zero attached hydrogens (tertiary/aromatic N) is 2. The van der Waals surface area contributed by atoms with Crippen LogP contribution in [0.1, 0.15) is 34.6 Å². The van der Waals surface area contributed by atoms with E-state index in [1.165, 1.54) is 0 Å². The van der Waals surface area contributed by atoms with Gasteiger partial charge in [-0.3, -0.25) is 9.48 Å². The van der Waals surface area contributed by atoms with Gasteiger partial charge < -0.3 is 9.73 Å². The van der Waals surface area contributed by atoms with Crippen LogP contribution in [0, 0.1) is 13.8 Å². The van der Waals surface area contributed by atoms with Gasteiger partial charge in [-0.2, -0.15) is 5.10 Å². The van der Waals surface area contributed by atoms with Gasteiger partial charge in [0, 0.05) is 12.2 Å². The van der Waals surface area contributed by atoms with Crippen molar-refractivity contribution in [3.63, 3.8) is 0 Å². The molecule has 2 aromatic heterocycles. The van der Waals surface area contributed by atoms with E-state index < -0.39 is 0 Å². The number of carbonyl (C=O) groups is 1. The van der Waals surface area contributed by atoms with Gasteiger partial charge in [-0.15, -0.1) is 0 Å². The summed E-state index contributed by atoms with van der Waals surface area (Å²) < 4.78 is 7.35. The second-order valence-corrected chi connectivity index (χ2v) is 4.21. The zero-order valence-corrected chi connectivity index (χ0v) is 10.9. The van der Waals surface area contributed by atoms with Crippen molar-refractivity contribution < 1.29 is 9.21 Å². The van der Waals surface area contributed by atoms with E-state index in [0.717, 1.165) is 17.1 Å². The molecule has 0 aliphatic rings. The number of aryl methyl sites for hydroxylation is 2. The number of furan rings is 1. The Morgan fingerprint density at radius 1 is 1.44 bits per heavy atom. The first kappa shape index (κ1) is 12.4. The molecule has 5 nitrogen and oxygen atoms in total. The Labute approximate surface area is 106 Å². The van der Waals surface area contributed by atoms with Crippen LogP contribution in [0.25, 0.3) is 0 Å². The monoisotopic (exact) mass is 247 g/mol. The molecule has 0 bridgehead atoms. The van der Waals surface area contributed by atoms with Crippen LogP contribution >= 0.6 is 0 Å². The normalized spacial score (nSPS) is 10.6. The molecule has 0 fully saturated rings. The summed E-state index contributed by atoms with van der Waals surface area (Å²) in [5, 5.41) is 7.05. The van der Waals surface area contributed by atoms with Gasteiger partial charge in [0.05, 0.1) is 12.2 Å². The predicted octanol–water partition coefficient (Wildman–Crippen LogP) is 1.89. The first-order valence-corrected chi connectivity index (χ1v) is 5.98. The van der Waals surface area contributed by atoms with Gasteiger partial charge in [0.1, 0.15) is 5.76 Å². The van der Waals surface area contributed by atoms with Gasteiger partial charge in [-0.1, -0.05) is 0 Å². The maximum absolute atomic E-state index is 11.6. The van der Waals surface area contributed by atoms with Crippen molar-refractivity contribution in [3.8, 4) is 0 Å². The third kappa shape index (κ3) is 2.61. The molecule has 0 spiro atoms. The van der Waals surface area contributed by atoms with Gasteiger partial charge in [0.15, 0.2) is 5.76 Å². The summed E-state index contributed by atoms with van der Waals surface area (Å²) in [5.41, 5.74) is 2.05. The molecule has 96 valence electrons. The highest BCUT2D eigenvalue weighted by Gasteiger charge is 2.11. The summed E-state index contributed by atoms with van der Waals surface area (Å²) in [6.07, 6.45) is 0. The lowest BCUT2D eigenvalue weighted by atomic mass is 10.4. The zero-order valence-electron chi connectivity index (χ0n) is 10.9. The van der Waals surface area contributed by atoms with Crippen LogP contribution in [-0.4, -0.2) is 22.2 Å². The second kappa shape index (κ2) is 5.08. The number of aromatic nitrogens is 2. The van der Waals surface area contributed by atoms with Crippen molar-refractivity contribution in [2.24, 2.45) is 0 Å². The van der Waals surface area contributed by atoms with E-state index in [0.29, 0.717) is 18.8 Å². The third-order valence-electron chi connectivity index (χ3n) is 2.63. The molecule has 0 aliphatic carbocycles. The fourth-order valence-corrected chi connectivity index (χ4v) is 1.82. The smallest absolute Gasteiger partial charge is 0.286 e. The number of carbonyl (C=O) groups excluding carboxylic acids is 1. The Balaban J connectivity index is 2.11. The van der Waals surface area contributed by atoms with E-state index in [1.54, 1.807) is 12.1 Å². The molecule has 0 atom stereocenters. The average Bonchev–Trinajstić information content (AvgIpc) is 2.88. The molecule has 1 N–H and O–H groups in total. The summed E-state index contributed by atoms with van der Waals surface area (Å²) in [7, 11) is 0. The molecule has 0 radical (unpaired) electrons. The first-order valence-electron chi connectivity index (χ1n) is 5.98. The Kier molecular flexibility index (Phi) is 3.50. The van der Waals surface area contributed by atoms with Crippen LogP contribution in [-0.2, 0) is 6.54 Å². The highest BCUT2D eigenvalue weighted by molar-refractivity contribution is 5.91. The van der Waals surface area contributed by atoms with E-state index >= 15 is 0 Å². The Hall–Kier alpha value is -2.04. The van der Waals surface area contributed by atoms with Crippen LogP contribution in [0.15, 0.2) is 22.6 Å². The minimum absolute atomic E-state index is 0.183. The van der Waals surface area contributed by atoms with Crippen LogP contribution in [0.5, 0.6) is 0 Å². The highest BCUT2D eigenvalue weighted by atomic mass is 16.4. The van der Waals surface area contributed by atoms with Crippen molar-refractivity contribution in [2.75, 3.05) is 6.54 Å². The molecule has 0 saturated carbocycles. The standard InChI is InChI=1S/C13H17N3O2/c1-4-14-13(17)12-6-5-11(18-12)8-16-10(3)7-9(2)15-16/h5-7H,4,8H2,1-3H3,(H,14,17). The number of amides is 1. The molecular weight excluding hydrogens is 230 g/mol. The maximum atomic E-state index is 11.6. The lowest BCUT2D eigenvalue weighted by Crippen LogP contribution is -2.21. The Bertz CT molecular complexity index is 554. The lowest BCUT2D eigenvalue weighted by molar-refractivity contribution is 0.0926. The largest absolute Gasteiger partial charge is 0.454 e. The van der Waals surface area contributed by atoms with Crippen LogP contribution in [0.4, 0.5) is 0 Å². The van der Waals surface area contributed by atoms with Gasteiger partial charge >= 0.3 is 0 Å². The van der Waals surface area contributed by atoms with E-state index in [2.05, 4.69) is 10.4 Å². The van der Waals surface area contributed by atoms with Crippen LogP contribution < -0.4 is 5.32 Å². The summed E-state index contributed by atoms with van der Waals surface area (Å²) in [6.45, 7) is 6.95. The summed E-state index contributed by atoms with van der Waals surface area (Å²) in [6, 6.07) is 5.50. The van der Waals surface area contributed by atoms with Crippen molar-refractivity contribution >= 4 is 5.91 Å². The molecule has 0 aromatic carbocycles. The Morgan fingerprint density at radius 3 is 2.83 bits per heavy atom.